The van der Waals surface area contributed by atoms with E-state index in [1.807, 2.05) is 19.1 Å². The summed E-state index contributed by atoms with van der Waals surface area (Å²) in [5, 5.41) is 11.6. The van der Waals surface area contributed by atoms with Gasteiger partial charge in [0.25, 0.3) is 0 Å². The first-order chi connectivity index (χ1) is 10.0. The standard InChI is InChI=1S/C14H16N4O3/c1-8-4-5-11(12(6-8)20-3)21-14-16-9(2)7-10(17-14)13(15)18-19/h4-7,19H,1-3H3,(H2,15,18). The van der Waals surface area contributed by atoms with E-state index in [1.165, 1.54) is 0 Å². The van der Waals surface area contributed by atoms with Gasteiger partial charge in [0.15, 0.2) is 17.3 Å². The summed E-state index contributed by atoms with van der Waals surface area (Å²) in [6, 6.07) is 7.18. The number of aromatic nitrogens is 2. The van der Waals surface area contributed by atoms with Crippen molar-refractivity contribution >= 4 is 5.84 Å². The fourth-order valence-electron chi connectivity index (χ4n) is 1.73. The third-order valence-corrected chi connectivity index (χ3v) is 2.72. The van der Waals surface area contributed by atoms with Gasteiger partial charge >= 0.3 is 6.01 Å². The highest BCUT2D eigenvalue weighted by molar-refractivity contribution is 5.95. The maximum absolute atomic E-state index is 8.71. The topological polar surface area (TPSA) is 103 Å². The second-order valence-electron chi connectivity index (χ2n) is 4.42. The largest absolute Gasteiger partial charge is 0.493 e. The number of methoxy groups -OCH3 is 1. The molecule has 7 nitrogen and oxygen atoms in total. The molecular formula is C14H16N4O3. The average Bonchev–Trinajstić information content (AvgIpc) is 2.47. The molecule has 1 aromatic heterocycles. The molecule has 0 unspecified atom stereocenters. The first kappa shape index (κ1) is 14.6. The lowest BCUT2D eigenvalue weighted by atomic mass is 10.2. The number of amidine groups is 1. The van der Waals surface area contributed by atoms with Crippen molar-refractivity contribution in [2.75, 3.05) is 7.11 Å². The van der Waals surface area contributed by atoms with E-state index in [0.29, 0.717) is 17.2 Å². The Bertz CT molecular complexity index is 686. The van der Waals surface area contributed by atoms with Crippen molar-refractivity contribution < 1.29 is 14.7 Å². The van der Waals surface area contributed by atoms with Crippen LogP contribution in [0, 0.1) is 13.8 Å². The highest BCUT2D eigenvalue weighted by atomic mass is 16.5. The quantitative estimate of drug-likeness (QED) is 0.386. The van der Waals surface area contributed by atoms with Crippen LogP contribution < -0.4 is 15.2 Å². The number of ether oxygens (including phenoxy) is 2. The van der Waals surface area contributed by atoms with Crippen molar-refractivity contribution in [3.05, 3.63) is 41.2 Å². The predicted octanol–water partition coefficient (Wildman–Crippen LogP) is 1.99. The van der Waals surface area contributed by atoms with Gasteiger partial charge in [-0.15, -0.1) is 0 Å². The molecule has 2 rings (SSSR count). The molecule has 0 bridgehead atoms. The fourth-order valence-corrected chi connectivity index (χ4v) is 1.73. The molecule has 2 aromatic rings. The van der Waals surface area contributed by atoms with Gasteiger partial charge in [-0.2, -0.15) is 4.98 Å². The molecule has 0 aliphatic carbocycles. The van der Waals surface area contributed by atoms with E-state index in [-0.39, 0.29) is 17.5 Å². The van der Waals surface area contributed by atoms with Gasteiger partial charge in [-0.25, -0.2) is 4.98 Å². The van der Waals surface area contributed by atoms with Crippen LogP contribution in [0.15, 0.2) is 29.4 Å². The van der Waals surface area contributed by atoms with Gasteiger partial charge in [-0.1, -0.05) is 11.2 Å². The third kappa shape index (κ3) is 3.38. The zero-order valence-electron chi connectivity index (χ0n) is 12.0. The summed E-state index contributed by atoms with van der Waals surface area (Å²) in [5.74, 6) is 0.950. The molecule has 0 aliphatic heterocycles. The van der Waals surface area contributed by atoms with Crippen LogP contribution in [0.4, 0.5) is 0 Å². The molecule has 0 aliphatic rings. The number of rotatable bonds is 4. The van der Waals surface area contributed by atoms with Gasteiger partial charge in [-0.3, -0.25) is 0 Å². The zero-order chi connectivity index (χ0) is 15.4. The van der Waals surface area contributed by atoms with Crippen LogP contribution >= 0.6 is 0 Å². The van der Waals surface area contributed by atoms with Crippen molar-refractivity contribution in [2.24, 2.45) is 10.9 Å². The highest BCUT2D eigenvalue weighted by Crippen LogP contribution is 2.30. The lowest BCUT2D eigenvalue weighted by molar-refractivity contribution is 0.318. The molecule has 0 fully saturated rings. The van der Waals surface area contributed by atoms with E-state index < -0.39 is 0 Å². The molecule has 0 atom stereocenters. The first-order valence-corrected chi connectivity index (χ1v) is 6.19. The number of hydrogen-bond acceptors (Lipinski definition) is 6. The maximum Gasteiger partial charge on any atom is 0.322 e. The molecule has 21 heavy (non-hydrogen) atoms. The fraction of sp³-hybridized carbons (Fsp3) is 0.214. The van der Waals surface area contributed by atoms with Crippen molar-refractivity contribution in [1.29, 1.82) is 0 Å². The summed E-state index contributed by atoms with van der Waals surface area (Å²) in [4.78, 5) is 8.26. The molecule has 1 aromatic carbocycles. The third-order valence-electron chi connectivity index (χ3n) is 2.72. The number of hydrogen-bond donors (Lipinski definition) is 2. The first-order valence-electron chi connectivity index (χ1n) is 6.19. The maximum atomic E-state index is 8.71. The Kier molecular flexibility index (Phi) is 4.22. The summed E-state index contributed by atoms with van der Waals surface area (Å²) in [6.45, 7) is 3.71. The Labute approximate surface area is 122 Å². The molecular weight excluding hydrogens is 272 g/mol. The van der Waals surface area contributed by atoms with E-state index >= 15 is 0 Å². The lowest BCUT2D eigenvalue weighted by Gasteiger charge is -2.10. The van der Waals surface area contributed by atoms with Crippen LogP contribution in [0.1, 0.15) is 17.0 Å². The number of aryl methyl sites for hydroxylation is 2. The van der Waals surface area contributed by atoms with Crippen molar-refractivity contribution in [2.45, 2.75) is 13.8 Å². The van der Waals surface area contributed by atoms with Crippen LogP contribution in [-0.2, 0) is 0 Å². The van der Waals surface area contributed by atoms with E-state index in [1.54, 1.807) is 26.2 Å². The Morgan fingerprint density at radius 3 is 2.62 bits per heavy atom. The molecule has 1 heterocycles. The highest BCUT2D eigenvalue weighted by Gasteiger charge is 2.11. The van der Waals surface area contributed by atoms with Crippen LogP contribution in [0.5, 0.6) is 17.5 Å². The summed E-state index contributed by atoms with van der Waals surface area (Å²) in [5.41, 5.74) is 7.49. The molecule has 110 valence electrons. The minimum absolute atomic E-state index is 0.0961. The van der Waals surface area contributed by atoms with Gasteiger partial charge in [0.1, 0.15) is 5.69 Å². The van der Waals surface area contributed by atoms with Crippen molar-refractivity contribution in [1.82, 2.24) is 9.97 Å². The number of oxime groups is 1. The van der Waals surface area contributed by atoms with E-state index in [0.717, 1.165) is 5.56 Å². The predicted molar refractivity (Wildman–Crippen MR) is 77.1 cm³/mol. The molecule has 0 saturated heterocycles. The summed E-state index contributed by atoms with van der Waals surface area (Å²) < 4.78 is 10.9. The second-order valence-corrected chi connectivity index (χ2v) is 4.42. The number of nitrogens with two attached hydrogens (primary N) is 1. The Morgan fingerprint density at radius 2 is 1.95 bits per heavy atom. The Balaban J connectivity index is 2.38. The van der Waals surface area contributed by atoms with E-state index in [4.69, 9.17) is 20.4 Å². The van der Waals surface area contributed by atoms with Crippen LogP contribution in [0.25, 0.3) is 0 Å². The van der Waals surface area contributed by atoms with E-state index in [9.17, 15) is 0 Å². The van der Waals surface area contributed by atoms with Gasteiger partial charge in [0.2, 0.25) is 0 Å². The SMILES string of the molecule is COc1cc(C)ccc1Oc1nc(C)cc(/C(N)=N/O)n1. The monoisotopic (exact) mass is 288 g/mol. The minimum Gasteiger partial charge on any atom is -0.493 e. The summed E-state index contributed by atoms with van der Waals surface area (Å²) >= 11 is 0. The number of benzene rings is 1. The zero-order valence-corrected chi connectivity index (χ0v) is 12.0. The summed E-state index contributed by atoms with van der Waals surface area (Å²) in [6.07, 6.45) is 0. The Morgan fingerprint density at radius 1 is 1.19 bits per heavy atom. The van der Waals surface area contributed by atoms with Crippen molar-refractivity contribution in [3.8, 4) is 17.5 Å². The van der Waals surface area contributed by atoms with Crippen LogP contribution in [0.3, 0.4) is 0 Å². The van der Waals surface area contributed by atoms with Gasteiger partial charge in [-0.05, 0) is 37.6 Å². The molecule has 3 N–H and O–H groups in total. The van der Waals surface area contributed by atoms with Crippen molar-refractivity contribution in [3.63, 3.8) is 0 Å². The van der Waals surface area contributed by atoms with E-state index in [2.05, 4.69) is 15.1 Å². The van der Waals surface area contributed by atoms with Gasteiger partial charge in [0.05, 0.1) is 7.11 Å². The Hall–Kier alpha value is -2.83. The second kappa shape index (κ2) is 6.08. The molecule has 0 spiro atoms. The summed E-state index contributed by atoms with van der Waals surface area (Å²) in [7, 11) is 1.56. The molecule has 7 heteroatoms. The minimum atomic E-state index is -0.110. The van der Waals surface area contributed by atoms with Crippen LogP contribution in [-0.4, -0.2) is 28.1 Å². The molecule has 0 radical (unpaired) electrons. The smallest absolute Gasteiger partial charge is 0.322 e. The van der Waals surface area contributed by atoms with Crippen LogP contribution in [0.2, 0.25) is 0 Å². The average molecular weight is 288 g/mol. The molecule has 0 amide bonds. The normalized spacial score (nSPS) is 11.3. The lowest BCUT2D eigenvalue weighted by Crippen LogP contribution is -2.16. The molecule has 0 saturated carbocycles. The van der Waals surface area contributed by atoms with Gasteiger partial charge < -0.3 is 20.4 Å². The van der Waals surface area contributed by atoms with Gasteiger partial charge in [0, 0.05) is 5.69 Å². The number of nitrogens with zero attached hydrogens (tertiary/aromatic N) is 3.